The van der Waals surface area contributed by atoms with Gasteiger partial charge in [-0.1, -0.05) is 24.6 Å². The Morgan fingerprint density at radius 3 is 2.81 bits per heavy atom. The van der Waals surface area contributed by atoms with E-state index in [0.29, 0.717) is 18.5 Å². The van der Waals surface area contributed by atoms with Gasteiger partial charge in [0.2, 0.25) is 0 Å². The van der Waals surface area contributed by atoms with Gasteiger partial charge < -0.3 is 5.73 Å². The van der Waals surface area contributed by atoms with Crippen LogP contribution in [0, 0.1) is 11.7 Å². The molecule has 1 rings (SSSR count). The molecule has 0 aliphatic rings. The molecule has 88 valence electrons. The lowest BCUT2D eigenvalue weighted by Crippen LogP contribution is -2.16. The van der Waals surface area contributed by atoms with Crippen molar-refractivity contribution < 1.29 is 9.18 Å². The van der Waals surface area contributed by atoms with Crippen molar-refractivity contribution >= 4 is 17.4 Å². The lowest BCUT2D eigenvalue weighted by molar-refractivity contribution is -0.119. The average molecular weight is 244 g/mol. The highest BCUT2D eigenvalue weighted by molar-refractivity contribution is 6.30. The standard InChI is InChI=1S/C12H15ClFNO/c1-8(7-15)4-10(16)5-9-2-3-11(13)12(14)6-9/h2-3,6,8H,4-5,7,15H2,1H3. The summed E-state index contributed by atoms with van der Waals surface area (Å²) < 4.78 is 13.1. The molecular weight excluding hydrogens is 229 g/mol. The summed E-state index contributed by atoms with van der Waals surface area (Å²) in [6.45, 7) is 2.40. The Balaban J connectivity index is 2.59. The molecule has 0 spiro atoms. The highest BCUT2D eigenvalue weighted by Crippen LogP contribution is 2.16. The Morgan fingerprint density at radius 2 is 2.25 bits per heavy atom. The van der Waals surface area contributed by atoms with Crippen molar-refractivity contribution in [3.05, 3.63) is 34.6 Å². The molecule has 0 heterocycles. The van der Waals surface area contributed by atoms with Crippen LogP contribution in [0.25, 0.3) is 0 Å². The van der Waals surface area contributed by atoms with E-state index >= 15 is 0 Å². The van der Waals surface area contributed by atoms with Crippen LogP contribution in [-0.2, 0) is 11.2 Å². The van der Waals surface area contributed by atoms with Crippen molar-refractivity contribution in [2.75, 3.05) is 6.54 Å². The highest BCUT2D eigenvalue weighted by Gasteiger charge is 2.09. The molecule has 0 amide bonds. The maximum absolute atomic E-state index is 13.1. The number of hydrogen-bond acceptors (Lipinski definition) is 2. The Labute approximate surface area is 99.6 Å². The quantitative estimate of drug-likeness (QED) is 0.864. The molecule has 0 saturated carbocycles. The first kappa shape index (κ1) is 13.1. The first-order valence-corrected chi connectivity index (χ1v) is 5.56. The molecule has 1 atom stereocenters. The van der Waals surface area contributed by atoms with Gasteiger partial charge in [-0.3, -0.25) is 4.79 Å². The molecule has 1 unspecified atom stereocenters. The van der Waals surface area contributed by atoms with Gasteiger partial charge in [-0.05, 0) is 30.2 Å². The van der Waals surface area contributed by atoms with Crippen LogP contribution in [0.15, 0.2) is 18.2 Å². The van der Waals surface area contributed by atoms with Crippen molar-refractivity contribution in [2.45, 2.75) is 19.8 Å². The number of halogens is 2. The predicted molar refractivity (Wildman–Crippen MR) is 63.0 cm³/mol. The number of ketones is 1. The van der Waals surface area contributed by atoms with Crippen molar-refractivity contribution in [1.29, 1.82) is 0 Å². The van der Waals surface area contributed by atoms with Gasteiger partial charge in [0, 0.05) is 12.8 Å². The van der Waals surface area contributed by atoms with Crippen LogP contribution in [0.3, 0.4) is 0 Å². The molecule has 16 heavy (non-hydrogen) atoms. The van der Waals surface area contributed by atoms with Crippen LogP contribution >= 0.6 is 11.6 Å². The van der Waals surface area contributed by atoms with E-state index in [1.165, 1.54) is 12.1 Å². The molecule has 0 aliphatic carbocycles. The van der Waals surface area contributed by atoms with Crippen molar-refractivity contribution in [3.8, 4) is 0 Å². The summed E-state index contributed by atoms with van der Waals surface area (Å²) >= 11 is 5.55. The van der Waals surface area contributed by atoms with E-state index in [4.69, 9.17) is 17.3 Å². The number of nitrogens with two attached hydrogens (primary N) is 1. The molecule has 2 N–H and O–H groups in total. The monoisotopic (exact) mass is 243 g/mol. The van der Waals surface area contributed by atoms with Crippen LogP contribution in [0.4, 0.5) is 4.39 Å². The van der Waals surface area contributed by atoms with Gasteiger partial charge in [0.1, 0.15) is 11.6 Å². The maximum atomic E-state index is 13.1. The minimum atomic E-state index is -0.487. The third-order valence-corrected chi connectivity index (χ3v) is 2.67. The van der Waals surface area contributed by atoms with E-state index in [9.17, 15) is 9.18 Å². The fourth-order valence-corrected chi connectivity index (χ4v) is 1.54. The second-order valence-electron chi connectivity index (χ2n) is 4.01. The van der Waals surface area contributed by atoms with E-state index in [1.54, 1.807) is 6.07 Å². The summed E-state index contributed by atoms with van der Waals surface area (Å²) in [5, 5.41) is 0.0755. The normalized spacial score (nSPS) is 12.5. The van der Waals surface area contributed by atoms with Gasteiger partial charge in [0.15, 0.2) is 0 Å². The van der Waals surface area contributed by atoms with Crippen molar-refractivity contribution in [1.82, 2.24) is 0 Å². The first-order chi connectivity index (χ1) is 7.52. The Bertz CT molecular complexity index is 381. The van der Waals surface area contributed by atoms with Gasteiger partial charge in [0.25, 0.3) is 0 Å². The molecule has 0 radical (unpaired) electrons. The molecule has 4 heteroatoms. The molecule has 1 aromatic rings. The SMILES string of the molecule is CC(CN)CC(=O)Cc1ccc(Cl)c(F)c1. The third kappa shape index (κ3) is 3.91. The number of carbonyl (C=O) groups is 1. The van der Waals surface area contributed by atoms with Crippen LogP contribution in [0.2, 0.25) is 5.02 Å². The molecule has 0 bridgehead atoms. The lowest BCUT2D eigenvalue weighted by atomic mass is 10.00. The maximum Gasteiger partial charge on any atom is 0.142 e. The fourth-order valence-electron chi connectivity index (χ4n) is 1.42. The van der Waals surface area contributed by atoms with Crippen molar-refractivity contribution in [3.63, 3.8) is 0 Å². The zero-order valence-corrected chi connectivity index (χ0v) is 9.93. The minimum absolute atomic E-state index is 0.0691. The number of rotatable bonds is 5. The number of hydrogen-bond donors (Lipinski definition) is 1. The van der Waals surface area contributed by atoms with Gasteiger partial charge in [-0.25, -0.2) is 4.39 Å². The highest BCUT2D eigenvalue weighted by atomic mass is 35.5. The smallest absolute Gasteiger partial charge is 0.142 e. The molecule has 0 aromatic heterocycles. The Hall–Kier alpha value is -0.930. The van der Waals surface area contributed by atoms with E-state index in [1.807, 2.05) is 6.92 Å². The van der Waals surface area contributed by atoms with Crippen molar-refractivity contribution in [2.24, 2.45) is 11.7 Å². The second kappa shape index (κ2) is 5.97. The average Bonchev–Trinajstić information content (AvgIpc) is 2.23. The summed E-state index contributed by atoms with van der Waals surface area (Å²) in [4.78, 5) is 11.6. The molecule has 1 aromatic carbocycles. The summed E-state index contributed by atoms with van der Waals surface area (Å²) in [5.74, 6) is -0.247. The molecule has 2 nitrogen and oxygen atoms in total. The minimum Gasteiger partial charge on any atom is -0.330 e. The summed E-state index contributed by atoms with van der Waals surface area (Å²) in [6.07, 6.45) is 0.666. The summed E-state index contributed by atoms with van der Waals surface area (Å²) in [5.41, 5.74) is 6.08. The lowest BCUT2D eigenvalue weighted by Gasteiger charge is -2.07. The Morgan fingerprint density at radius 1 is 1.56 bits per heavy atom. The first-order valence-electron chi connectivity index (χ1n) is 5.18. The number of benzene rings is 1. The summed E-state index contributed by atoms with van der Waals surface area (Å²) in [7, 11) is 0. The van der Waals surface area contributed by atoms with Crippen LogP contribution in [-0.4, -0.2) is 12.3 Å². The van der Waals surface area contributed by atoms with Gasteiger partial charge in [-0.2, -0.15) is 0 Å². The Kier molecular flexibility index (Phi) is 4.90. The molecule has 0 aliphatic heterocycles. The van der Waals surface area contributed by atoms with E-state index in [-0.39, 0.29) is 23.1 Å². The molecule has 0 fully saturated rings. The van der Waals surface area contributed by atoms with Gasteiger partial charge in [0.05, 0.1) is 5.02 Å². The van der Waals surface area contributed by atoms with Crippen LogP contribution < -0.4 is 5.73 Å². The largest absolute Gasteiger partial charge is 0.330 e. The zero-order chi connectivity index (χ0) is 12.1. The van der Waals surface area contributed by atoms with Gasteiger partial charge in [-0.15, -0.1) is 0 Å². The van der Waals surface area contributed by atoms with E-state index < -0.39 is 5.82 Å². The second-order valence-corrected chi connectivity index (χ2v) is 4.42. The topological polar surface area (TPSA) is 43.1 Å². The number of carbonyl (C=O) groups excluding carboxylic acids is 1. The van der Waals surface area contributed by atoms with Gasteiger partial charge >= 0.3 is 0 Å². The zero-order valence-electron chi connectivity index (χ0n) is 9.17. The van der Waals surface area contributed by atoms with Crippen LogP contribution in [0.5, 0.6) is 0 Å². The molecule has 0 saturated heterocycles. The fraction of sp³-hybridized carbons (Fsp3) is 0.417. The summed E-state index contributed by atoms with van der Waals surface area (Å²) in [6, 6.07) is 4.43. The van der Waals surface area contributed by atoms with E-state index in [2.05, 4.69) is 0 Å². The number of Topliss-reactive ketones (excluding diaryl/α,β-unsaturated/α-hetero) is 1. The predicted octanol–water partition coefficient (Wildman–Crippen LogP) is 2.58. The van der Waals surface area contributed by atoms with E-state index in [0.717, 1.165) is 0 Å². The molecular formula is C12H15ClFNO. The third-order valence-electron chi connectivity index (χ3n) is 2.36. The van der Waals surface area contributed by atoms with Crippen LogP contribution in [0.1, 0.15) is 18.9 Å².